The third-order valence-corrected chi connectivity index (χ3v) is 3.47. The second-order valence-electron chi connectivity index (χ2n) is 5.19. The van der Waals surface area contributed by atoms with Crippen LogP contribution in [0.1, 0.15) is 23.6 Å². The van der Waals surface area contributed by atoms with Crippen LogP contribution in [0.15, 0.2) is 36.4 Å². The molecule has 0 bridgehead atoms. The van der Waals surface area contributed by atoms with Gasteiger partial charge in [0, 0.05) is 25.3 Å². The number of ether oxygens (including phenoxy) is 2. The standard InChI is InChI=1S/C18H19FO4/c1-12(20)23-8-7-14-10-17(19)16(18(21)11-14)9-13-3-5-15(22-2)6-4-13/h3-6,10-11,21H,7-9H2,1-2H3. The zero-order valence-electron chi connectivity index (χ0n) is 13.1. The number of esters is 1. The third-order valence-electron chi connectivity index (χ3n) is 3.47. The van der Waals surface area contributed by atoms with Gasteiger partial charge in [-0.05, 0) is 35.4 Å². The molecule has 0 atom stereocenters. The Morgan fingerprint density at radius 2 is 1.87 bits per heavy atom. The molecule has 0 radical (unpaired) electrons. The molecular weight excluding hydrogens is 299 g/mol. The van der Waals surface area contributed by atoms with Crippen molar-refractivity contribution in [3.8, 4) is 11.5 Å². The van der Waals surface area contributed by atoms with E-state index in [1.54, 1.807) is 19.2 Å². The second-order valence-corrected chi connectivity index (χ2v) is 5.19. The molecule has 2 aromatic carbocycles. The molecule has 2 rings (SSSR count). The van der Waals surface area contributed by atoms with Gasteiger partial charge in [0.05, 0.1) is 13.7 Å². The minimum atomic E-state index is -0.473. The molecule has 0 aliphatic carbocycles. The lowest BCUT2D eigenvalue weighted by Gasteiger charge is -2.10. The molecule has 0 unspecified atom stereocenters. The van der Waals surface area contributed by atoms with E-state index in [0.29, 0.717) is 12.0 Å². The highest BCUT2D eigenvalue weighted by atomic mass is 19.1. The number of carbonyl (C=O) groups excluding carboxylic acids is 1. The van der Waals surface area contributed by atoms with Gasteiger partial charge in [-0.2, -0.15) is 0 Å². The summed E-state index contributed by atoms with van der Waals surface area (Å²) in [5.41, 5.74) is 1.69. The Kier molecular flexibility index (Phi) is 5.57. The predicted molar refractivity (Wildman–Crippen MR) is 84.2 cm³/mol. The number of phenols is 1. The molecule has 0 aromatic heterocycles. The van der Waals surface area contributed by atoms with Crippen molar-refractivity contribution < 1.29 is 23.8 Å². The summed E-state index contributed by atoms with van der Waals surface area (Å²) in [6.07, 6.45) is 0.638. The number of phenolic OH excluding ortho intramolecular Hbond substituents is 1. The van der Waals surface area contributed by atoms with Crippen molar-refractivity contribution in [2.24, 2.45) is 0 Å². The second kappa shape index (κ2) is 7.63. The van der Waals surface area contributed by atoms with Gasteiger partial charge in [0.2, 0.25) is 0 Å². The van der Waals surface area contributed by atoms with Crippen molar-refractivity contribution in [3.05, 3.63) is 58.9 Å². The van der Waals surface area contributed by atoms with Gasteiger partial charge in [0.25, 0.3) is 0 Å². The maximum absolute atomic E-state index is 14.2. The number of carbonyl (C=O) groups is 1. The molecule has 5 heteroatoms. The Morgan fingerprint density at radius 3 is 2.43 bits per heavy atom. The summed E-state index contributed by atoms with van der Waals surface area (Å²) in [7, 11) is 1.58. The molecule has 1 N–H and O–H groups in total. The van der Waals surface area contributed by atoms with Crippen LogP contribution in [0.3, 0.4) is 0 Å². The van der Waals surface area contributed by atoms with Crippen LogP contribution in [-0.2, 0) is 22.4 Å². The van der Waals surface area contributed by atoms with Crippen LogP contribution in [0.5, 0.6) is 11.5 Å². The topological polar surface area (TPSA) is 55.8 Å². The molecule has 0 amide bonds. The van der Waals surface area contributed by atoms with Crippen molar-refractivity contribution in [1.29, 1.82) is 0 Å². The summed E-state index contributed by atoms with van der Waals surface area (Å²) in [6.45, 7) is 1.47. The van der Waals surface area contributed by atoms with Gasteiger partial charge in [-0.3, -0.25) is 4.79 Å². The highest BCUT2D eigenvalue weighted by Gasteiger charge is 2.12. The van der Waals surface area contributed by atoms with Gasteiger partial charge in [-0.15, -0.1) is 0 Å². The number of aromatic hydroxyl groups is 1. The SMILES string of the molecule is COc1ccc(Cc2c(O)cc(CCOC(C)=O)cc2F)cc1. The first-order chi connectivity index (χ1) is 11.0. The molecule has 122 valence electrons. The Hall–Kier alpha value is -2.56. The minimum absolute atomic E-state index is 0.0985. The summed E-state index contributed by atoms with van der Waals surface area (Å²) < 4.78 is 24.1. The fourth-order valence-corrected chi connectivity index (χ4v) is 2.26. The fourth-order valence-electron chi connectivity index (χ4n) is 2.26. The first-order valence-electron chi connectivity index (χ1n) is 7.26. The van der Waals surface area contributed by atoms with Gasteiger partial charge in [-0.25, -0.2) is 4.39 Å². The number of hydrogen-bond acceptors (Lipinski definition) is 4. The summed E-state index contributed by atoms with van der Waals surface area (Å²) in [6, 6.07) is 10.1. The lowest BCUT2D eigenvalue weighted by Crippen LogP contribution is -2.04. The van der Waals surface area contributed by atoms with E-state index >= 15 is 0 Å². The van der Waals surface area contributed by atoms with E-state index in [1.807, 2.05) is 12.1 Å². The van der Waals surface area contributed by atoms with Crippen LogP contribution >= 0.6 is 0 Å². The first kappa shape index (κ1) is 16.8. The zero-order chi connectivity index (χ0) is 16.8. The van der Waals surface area contributed by atoms with E-state index in [4.69, 9.17) is 9.47 Å². The van der Waals surface area contributed by atoms with E-state index < -0.39 is 5.82 Å². The van der Waals surface area contributed by atoms with Gasteiger partial charge in [0.1, 0.15) is 17.3 Å². The highest BCUT2D eigenvalue weighted by Crippen LogP contribution is 2.26. The largest absolute Gasteiger partial charge is 0.508 e. The number of methoxy groups -OCH3 is 1. The summed E-state index contributed by atoms with van der Waals surface area (Å²) in [5, 5.41) is 10.1. The molecule has 23 heavy (non-hydrogen) atoms. The number of benzene rings is 2. The van der Waals surface area contributed by atoms with Gasteiger partial charge in [0.15, 0.2) is 0 Å². The van der Waals surface area contributed by atoms with E-state index in [2.05, 4.69) is 0 Å². The Bertz CT molecular complexity index is 657. The molecule has 0 fully saturated rings. The summed E-state index contributed by atoms with van der Waals surface area (Å²) >= 11 is 0. The molecule has 0 spiro atoms. The van der Waals surface area contributed by atoms with Gasteiger partial charge in [-0.1, -0.05) is 12.1 Å². The quantitative estimate of drug-likeness (QED) is 0.831. The van der Waals surface area contributed by atoms with Crippen LogP contribution in [0.4, 0.5) is 4.39 Å². The van der Waals surface area contributed by atoms with Crippen molar-refractivity contribution in [1.82, 2.24) is 0 Å². The maximum atomic E-state index is 14.2. The van der Waals surface area contributed by atoms with Crippen molar-refractivity contribution in [2.45, 2.75) is 19.8 Å². The van der Waals surface area contributed by atoms with Crippen LogP contribution in [0.2, 0.25) is 0 Å². The predicted octanol–water partition coefficient (Wildman–Crippen LogP) is 3.24. The molecule has 4 nitrogen and oxygen atoms in total. The van der Waals surface area contributed by atoms with Crippen LogP contribution in [0, 0.1) is 5.82 Å². The zero-order valence-corrected chi connectivity index (χ0v) is 13.1. The maximum Gasteiger partial charge on any atom is 0.302 e. The Labute approximate surface area is 134 Å². The molecule has 2 aromatic rings. The summed E-state index contributed by atoms with van der Waals surface area (Å²) in [5.74, 6) is -0.234. The lowest BCUT2D eigenvalue weighted by molar-refractivity contribution is -0.140. The van der Waals surface area contributed by atoms with Crippen molar-refractivity contribution in [2.75, 3.05) is 13.7 Å². The molecule has 0 aliphatic rings. The van der Waals surface area contributed by atoms with Crippen LogP contribution in [0.25, 0.3) is 0 Å². The van der Waals surface area contributed by atoms with Crippen molar-refractivity contribution >= 4 is 5.97 Å². The molecular formula is C18H19FO4. The Morgan fingerprint density at radius 1 is 1.17 bits per heavy atom. The number of halogens is 1. The third kappa shape index (κ3) is 4.71. The van der Waals surface area contributed by atoms with Gasteiger partial charge >= 0.3 is 5.97 Å². The average Bonchev–Trinajstić information content (AvgIpc) is 2.51. The number of rotatable bonds is 6. The molecule has 0 saturated heterocycles. The van der Waals surface area contributed by atoms with E-state index in [0.717, 1.165) is 11.3 Å². The number of hydrogen-bond donors (Lipinski definition) is 1. The Balaban J connectivity index is 2.11. The van der Waals surface area contributed by atoms with E-state index in [9.17, 15) is 14.3 Å². The van der Waals surface area contributed by atoms with Crippen LogP contribution < -0.4 is 4.74 Å². The lowest BCUT2D eigenvalue weighted by atomic mass is 10.0. The molecule has 0 saturated carbocycles. The van der Waals surface area contributed by atoms with E-state index in [-0.39, 0.29) is 30.3 Å². The highest BCUT2D eigenvalue weighted by molar-refractivity contribution is 5.65. The van der Waals surface area contributed by atoms with Crippen LogP contribution in [-0.4, -0.2) is 24.8 Å². The van der Waals surface area contributed by atoms with Crippen molar-refractivity contribution in [3.63, 3.8) is 0 Å². The monoisotopic (exact) mass is 318 g/mol. The molecule has 0 heterocycles. The summed E-state index contributed by atoms with van der Waals surface area (Å²) in [4.78, 5) is 10.7. The fraction of sp³-hybridized carbons (Fsp3) is 0.278. The normalized spacial score (nSPS) is 10.4. The smallest absolute Gasteiger partial charge is 0.302 e. The first-order valence-corrected chi connectivity index (χ1v) is 7.26. The van der Waals surface area contributed by atoms with E-state index in [1.165, 1.54) is 19.1 Å². The average molecular weight is 318 g/mol. The van der Waals surface area contributed by atoms with Gasteiger partial charge < -0.3 is 14.6 Å². The minimum Gasteiger partial charge on any atom is -0.508 e. The molecule has 0 aliphatic heterocycles.